The number of fused-ring (bicyclic) bond motifs is 1. The monoisotopic (exact) mass is 253 g/mol. The van der Waals surface area contributed by atoms with Crippen LogP contribution in [0.25, 0.3) is 0 Å². The van der Waals surface area contributed by atoms with E-state index in [9.17, 15) is 4.21 Å². The van der Waals surface area contributed by atoms with Gasteiger partial charge in [-0.3, -0.25) is 4.21 Å². The lowest BCUT2D eigenvalue weighted by Crippen LogP contribution is -2.13. The second kappa shape index (κ2) is 6.10. The summed E-state index contributed by atoms with van der Waals surface area (Å²) in [6.07, 6.45) is 8.93. The number of rotatable bonds is 5. The molecule has 0 aliphatic heterocycles. The van der Waals surface area contributed by atoms with E-state index in [4.69, 9.17) is 0 Å². The van der Waals surface area contributed by atoms with Gasteiger partial charge in [-0.2, -0.15) is 0 Å². The molecule has 0 bridgehead atoms. The summed E-state index contributed by atoms with van der Waals surface area (Å²) in [5, 5.41) is 3.34. The Balaban J connectivity index is 1.94. The van der Waals surface area contributed by atoms with Crippen molar-refractivity contribution in [2.24, 2.45) is 0 Å². The maximum atomic E-state index is 10.9. The van der Waals surface area contributed by atoms with Crippen LogP contribution in [0.5, 0.6) is 0 Å². The minimum Gasteiger partial charge on any atom is -0.370 e. The van der Waals surface area contributed by atoms with Gasteiger partial charge in [0.1, 0.15) is 12.1 Å². The molecule has 0 amide bonds. The molecule has 1 aliphatic carbocycles. The summed E-state index contributed by atoms with van der Waals surface area (Å²) in [7, 11) is -0.698. The molecule has 94 valence electrons. The number of nitrogens with one attached hydrogen (secondary N) is 1. The minimum absolute atomic E-state index is 0.698. The molecule has 0 spiro atoms. The zero-order chi connectivity index (χ0) is 12.1. The highest BCUT2D eigenvalue weighted by molar-refractivity contribution is 7.84. The van der Waals surface area contributed by atoms with Gasteiger partial charge in [-0.05, 0) is 32.1 Å². The van der Waals surface area contributed by atoms with Gasteiger partial charge in [0.15, 0.2) is 0 Å². The van der Waals surface area contributed by atoms with E-state index in [1.165, 1.54) is 24.1 Å². The molecule has 1 aromatic rings. The van der Waals surface area contributed by atoms with Crippen LogP contribution < -0.4 is 5.32 Å². The molecule has 1 heterocycles. The van der Waals surface area contributed by atoms with Crippen LogP contribution in [0, 0.1) is 0 Å². The van der Waals surface area contributed by atoms with Crippen LogP contribution in [-0.4, -0.2) is 32.7 Å². The second-order valence-electron chi connectivity index (χ2n) is 4.41. The first-order valence-corrected chi connectivity index (χ1v) is 7.87. The van der Waals surface area contributed by atoms with Gasteiger partial charge in [-0.25, -0.2) is 9.97 Å². The molecule has 0 saturated heterocycles. The Labute approximate surface area is 105 Å². The summed E-state index contributed by atoms with van der Waals surface area (Å²) < 4.78 is 10.9. The topological polar surface area (TPSA) is 54.9 Å². The highest BCUT2D eigenvalue weighted by atomic mass is 32.2. The molecule has 5 heteroatoms. The van der Waals surface area contributed by atoms with E-state index in [0.717, 1.165) is 37.4 Å². The van der Waals surface area contributed by atoms with E-state index in [2.05, 4.69) is 15.3 Å². The first kappa shape index (κ1) is 12.5. The Morgan fingerprint density at radius 2 is 2.18 bits per heavy atom. The number of hydrogen-bond donors (Lipinski definition) is 1. The molecule has 2 rings (SSSR count). The molecule has 4 nitrogen and oxygen atoms in total. The number of hydrogen-bond acceptors (Lipinski definition) is 4. The zero-order valence-electron chi connectivity index (χ0n) is 10.2. The van der Waals surface area contributed by atoms with Crippen molar-refractivity contribution in [2.75, 3.05) is 23.9 Å². The highest BCUT2D eigenvalue weighted by Crippen LogP contribution is 2.24. The fourth-order valence-electron chi connectivity index (χ4n) is 2.16. The van der Waals surface area contributed by atoms with Crippen molar-refractivity contribution in [3.05, 3.63) is 17.6 Å². The fourth-order valence-corrected chi connectivity index (χ4v) is 2.71. The van der Waals surface area contributed by atoms with Crippen LogP contribution in [0.4, 0.5) is 5.82 Å². The summed E-state index contributed by atoms with van der Waals surface area (Å²) >= 11 is 0. The van der Waals surface area contributed by atoms with Crippen LogP contribution in [0.3, 0.4) is 0 Å². The summed E-state index contributed by atoms with van der Waals surface area (Å²) in [5.41, 5.74) is 2.49. The second-order valence-corrected chi connectivity index (χ2v) is 5.97. The average Bonchev–Trinajstić information content (AvgIpc) is 2.34. The largest absolute Gasteiger partial charge is 0.370 e. The Morgan fingerprint density at radius 1 is 1.35 bits per heavy atom. The average molecular weight is 253 g/mol. The summed E-state index contributed by atoms with van der Waals surface area (Å²) in [6, 6.07) is 0. The predicted octanol–water partition coefficient (Wildman–Crippen LogP) is 1.54. The number of aryl methyl sites for hydroxylation is 1. The lowest BCUT2D eigenvalue weighted by molar-refractivity contribution is 0.663. The van der Waals surface area contributed by atoms with Gasteiger partial charge in [0.2, 0.25) is 0 Å². The van der Waals surface area contributed by atoms with Crippen molar-refractivity contribution >= 4 is 16.6 Å². The first-order valence-electron chi connectivity index (χ1n) is 6.14. The van der Waals surface area contributed by atoms with Gasteiger partial charge in [-0.15, -0.1) is 0 Å². The van der Waals surface area contributed by atoms with Crippen LogP contribution >= 0.6 is 0 Å². The summed E-state index contributed by atoms with van der Waals surface area (Å²) in [6.45, 7) is 0.836. The molecule has 0 aromatic carbocycles. The SMILES string of the molecule is CS(=O)CCCNc1ncnc2c1CCCC2. The van der Waals surface area contributed by atoms with Crippen molar-refractivity contribution in [1.29, 1.82) is 0 Å². The highest BCUT2D eigenvalue weighted by Gasteiger charge is 2.14. The lowest BCUT2D eigenvalue weighted by Gasteiger charge is -2.17. The van der Waals surface area contributed by atoms with Crippen LogP contribution in [0.15, 0.2) is 6.33 Å². The summed E-state index contributed by atoms with van der Waals surface area (Å²) in [4.78, 5) is 8.65. The molecule has 17 heavy (non-hydrogen) atoms. The quantitative estimate of drug-likeness (QED) is 0.809. The van der Waals surface area contributed by atoms with E-state index >= 15 is 0 Å². The zero-order valence-corrected chi connectivity index (χ0v) is 11.1. The van der Waals surface area contributed by atoms with Crippen LogP contribution in [0.2, 0.25) is 0 Å². The van der Waals surface area contributed by atoms with Gasteiger partial charge >= 0.3 is 0 Å². The molecule has 0 radical (unpaired) electrons. The number of aromatic nitrogens is 2. The number of anilines is 1. The predicted molar refractivity (Wildman–Crippen MR) is 70.7 cm³/mol. The maximum Gasteiger partial charge on any atom is 0.132 e. The van der Waals surface area contributed by atoms with Crippen molar-refractivity contribution in [2.45, 2.75) is 32.1 Å². The van der Waals surface area contributed by atoms with Crippen molar-refractivity contribution in [3.8, 4) is 0 Å². The van der Waals surface area contributed by atoms with Crippen molar-refractivity contribution < 1.29 is 4.21 Å². The Kier molecular flexibility index (Phi) is 4.48. The lowest BCUT2D eigenvalue weighted by atomic mass is 9.96. The van der Waals surface area contributed by atoms with Gasteiger partial charge < -0.3 is 5.32 Å². The molecule has 1 atom stereocenters. The Hall–Kier alpha value is -0.970. The molecule has 0 fully saturated rings. The fraction of sp³-hybridized carbons (Fsp3) is 0.667. The van der Waals surface area contributed by atoms with Gasteiger partial charge in [-0.1, -0.05) is 0 Å². The van der Waals surface area contributed by atoms with Gasteiger partial charge in [0.25, 0.3) is 0 Å². The van der Waals surface area contributed by atoms with Gasteiger partial charge in [0, 0.05) is 40.6 Å². The maximum absolute atomic E-state index is 10.9. The third-order valence-corrected chi connectivity index (χ3v) is 3.89. The number of nitrogens with zero attached hydrogens (tertiary/aromatic N) is 2. The molecule has 1 aromatic heterocycles. The summed E-state index contributed by atoms with van der Waals surface area (Å²) in [5.74, 6) is 1.73. The van der Waals surface area contributed by atoms with Crippen LogP contribution in [0.1, 0.15) is 30.5 Å². The first-order chi connectivity index (χ1) is 8.27. The smallest absolute Gasteiger partial charge is 0.132 e. The molecular formula is C12H19N3OS. The van der Waals surface area contributed by atoms with E-state index in [1.54, 1.807) is 12.6 Å². The molecule has 1 aliphatic rings. The van der Waals surface area contributed by atoms with E-state index in [-0.39, 0.29) is 0 Å². The van der Waals surface area contributed by atoms with Crippen LogP contribution in [-0.2, 0) is 23.6 Å². The Bertz CT molecular complexity index is 409. The Morgan fingerprint density at radius 3 is 3.00 bits per heavy atom. The molecule has 0 saturated carbocycles. The third-order valence-electron chi connectivity index (χ3n) is 3.03. The molecule has 1 N–H and O–H groups in total. The van der Waals surface area contributed by atoms with Crippen molar-refractivity contribution in [3.63, 3.8) is 0 Å². The standard InChI is InChI=1S/C12H19N3OS/c1-17(16)8-4-7-13-12-10-5-2-3-6-11(10)14-9-15-12/h9H,2-8H2,1H3,(H,13,14,15). The minimum atomic E-state index is -0.698. The van der Waals surface area contributed by atoms with Crippen molar-refractivity contribution in [1.82, 2.24) is 9.97 Å². The molecular weight excluding hydrogens is 234 g/mol. The third kappa shape index (κ3) is 3.49. The van der Waals surface area contributed by atoms with Gasteiger partial charge in [0.05, 0.1) is 0 Å². The van der Waals surface area contributed by atoms with E-state index in [0.29, 0.717) is 0 Å². The molecule has 1 unspecified atom stereocenters. The normalized spacial score (nSPS) is 16.3. The van der Waals surface area contributed by atoms with E-state index in [1.807, 2.05) is 0 Å². The van der Waals surface area contributed by atoms with E-state index < -0.39 is 10.8 Å².